The van der Waals surface area contributed by atoms with Gasteiger partial charge in [-0.2, -0.15) is 4.31 Å². The fraction of sp³-hybridized carbons (Fsp3) is 0.235. The van der Waals surface area contributed by atoms with Gasteiger partial charge in [0.1, 0.15) is 5.82 Å². The zero-order valence-electron chi connectivity index (χ0n) is 14.4. The van der Waals surface area contributed by atoms with Gasteiger partial charge in [-0.3, -0.25) is 0 Å². The van der Waals surface area contributed by atoms with Gasteiger partial charge >= 0.3 is 5.97 Å². The Morgan fingerprint density at radius 2 is 1.88 bits per heavy atom. The first-order valence-electron chi connectivity index (χ1n) is 7.41. The van der Waals surface area contributed by atoms with Gasteiger partial charge in [0.05, 0.1) is 24.7 Å². The van der Waals surface area contributed by atoms with E-state index in [0.29, 0.717) is 17.1 Å². The number of ether oxygens (including phenoxy) is 2. The third kappa shape index (κ3) is 3.78. The van der Waals surface area contributed by atoms with Gasteiger partial charge in [-0.1, -0.05) is 12.1 Å². The number of sulfonamides is 1. The summed E-state index contributed by atoms with van der Waals surface area (Å²) in [5, 5.41) is 8.98. The number of rotatable bonds is 7. The van der Waals surface area contributed by atoms with Crippen molar-refractivity contribution in [3.8, 4) is 11.5 Å². The molecule has 0 aliphatic rings. The van der Waals surface area contributed by atoms with Crippen LogP contribution in [0.25, 0.3) is 0 Å². The highest BCUT2D eigenvalue weighted by molar-refractivity contribution is 7.89. The van der Waals surface area contributed by atoms with Gasteiger partial charge in [0.2, 0.25) is 10.0 Å². The highest BCUT2D eigenvalue weighted by Crippen LogP contribution is 2.32. The van der Waals surface area contributed by atoms with Gasteiger partial charge in [-0.05, 0) is 24.3 Å². The first-order chi connectivity index (χ1) is 12.2. The monoisotopic (exact) mass is 383 g/mol. The summed E-state index contributed by atoms with van der Waals surface area (Å²) in [5.74, 6) is -1.71. The van der Waals surface area contributed by atoms with Gasteiger partial charge < -0.3 is 14.6 Å². The summed E-state index contributed by atoms with van der Waals surface area (Å²) in [4.78, 5) is 10.7. The van der Waals surface area contributed by atoms with E-state index in [1.165, 1.54) is 21.3 Å². The first kappa shape index (κ1) is 19.7. The molecule has 140 valence electrons. The van der Waals surface area contributed by atoms with Crippen LogP contribution in [-0.2, 0) is 16.6 Å². The lowest BCUT2D eigenvalue weighted by molar-refractivity contribution is 0.0691. The van der Waals surface area contributed by atoms with E-state index in [4.69, 9.17) is 14.6 Å². The van der Waals surface area contributed by atoms with Gasteiger partial charge in [-0.15, -0.1) is 0 Å². The van der Waals surface area contributed by atoms with Crippen LogP contribution in [0, 0.1) is 5.82 Å². The molecule has 7 nitrogen and oxygen atoms in total. The lowest BCUT2D eigenvalue weighted by Crippen LogP contribution is -2.27. The Morgan fingerprint density at radius 3 is 2.46 bits per heavy atom. The maximum atomic E-state index is 13.5. The molecule has 0 radical (unpaired) electrons. The van der Waals surface area contributed by atoms with Gasteiger partial charge in [-0.25, -0.2) is 17.6 Å². The molecule has 1 N–H and O–H groups in total. The molecule has 0 amide bonds. The average Bonchev–Trinajstić information content (AvgIpc) is 2.61. The second-order valence-electron chi connectivity index (χ2n) is 5.36. The molecule has 0 atom stereocenters. The quantitative estimate of drug-likeness (QED) is 0.789. The summed E-state index contributed by atoms with van der Waals surface area (Å²) >= 11 is 0. The van der Waals surface area contributed by atoms with Crippen molar-refractivity contribution in [2.45, 2.75) is 11.4 Å². The van der Waals surface area contributed by atoms with Crippen LogP contribution < -0.4 is 9.47 Å². The molecule has 0 aliphatic heterocycles. The first-order valence-corrected chi connectivity index (χ1v) is 8.85. The fourth-order valence-electron chi connectivity index (χ4n) is 2.41. The highest BCUT2D eigenvalue weighted by Gasteiger charge is 2.25. The van der Waals surface area contributed by atoms with E-state index < -0.39 is 27.4 Å². The Bertz CT molecular complexity index is 929. The molecule has 9 heteroatoms. The number of carboxylic acid groups (broad SMARTS) is 1. The van der Waals surface area contributed by atoms with E-state index >= 15 is 0 Å². The Labute approximate surface area is 150 Å². The summed E-state index contributed by atoms with van der Waals surface area (Å²) in [6.07, 6.45) is 0. The number of carbonyl (C=O) groups is 1. The molecule has 0 bridgehead atoms. The normalized spacial score (nSPS) is 11.4. The summed E-state index contributed by atoms with van der Waals surface area (Å²) < 4.78 is 50.4. The van der Waals surface area contributed by atoms with Crippen molar-refractivity contribution < 1.29 is 32.2 Å². The Morgan fingerprint density at radius 1 is 1.19 bits per heavy atom. The SMILES string of the molecule is COc1cccc(CN(C)S(=O)(=O)c2ccc(F)c(C(=O)O)c2)c1OC. The molecule has 0 spiro atoms. The number of aromatic carboxylic acids is 1. The third-order valence-electron chi connectivity index (χ3n) is 3.75. The molecule has 0 saturated heterocycles. The molecule has 0 heterocycles. The summed E-state index contributed by atoms with van der Waals surface area (Å²) in [7, 11) is 0.190. The largest absolute Gasteiger partial charge is 0.493 e. The predicted molar refractivity (Wildman–Crippen MR) is 91.6 cm³/mol. The van der Waals surface area contributed by atoms with Crippen molar-refractivity contribution in [2.75, 3.05) is 21.3 Å². The smallest absolute Gasteiger partial charge is 0.338 e. The van der Waals surface area contributed by atoms with Gasteiger partial charge in [0.25, 0.3) is 0 Å². The minimum absolute atomic E-state index is 0.0531. The summed E-state index contributed by atoms with van der Waals surface area (Å²) in [6.45, 7) is -0.0531. The Kier molecular flexibility index (Phi) is 5.83. The molecule has 2 aromatic rings. The minimum Gasteiger partial charge on any atom is -0.493 e. The minimum atomic E-state index is -4.05. The number of hydrogen-bond donors (Lipinski definition) is 1. The number of hydrogen-bond acceptors (Lipinski definition) is 5. The summed E-state index contributed by atoms with van der Waals surface area (Å²) in [5.41, 5.74) is -0.156. The number of halogens is 1. The van der Waals surface area contributed by atoms with Crippen LogP contribution in [0.4, 0.5) is 4.39 Å². The van der Waals surface area contributed by atoms with Crippen LogP contribution in [0.15, 0.2) is 41.3 Å². The van der Waals surface area contributed by atoms with Crippen LogP contribution in [0.5, 0.6) is 11.5 Å². The Balaban J connectivity index is 2.39. The zero-order valence-corrected chi connectivity index (χ0v) is 15.2. The third-order valence-corrected chi connectivity index (χ3v) is 5.55. The van der Waals surface area contributed by atoms with Crippen molar-refractivity contribution in [2.24, 2.45) is 0 Å². The zero-order chi connectivity index (χ0) is 19.5. The standard InChI is InChI=1S/C17H18FNO6S/c1-19(10-11-5-4-6-15(24-2)16(11)25-3)26(22,23)12-7-8-14(18)13(9-12)17(20)21/h4-9H,10H2,1-3H3,(H,20,21). The number of para-hydroxylation sites is 1. The maximum Gasteiger partial charge on any atom is 0.338 e. The molecular formula is C17H18FNO6S. The molecule has 2 aromatic carbocycles. The van der Waals surface area contributed by atoms with Crippen LogP contribution in [0.1, 0.15) is 15.9 Å². The highest BCUT2D eigenvalue weighted by atomic mass is 32.2. The van der Waals surface area contributed by atoms with Crippen molar-refractivity contribution in [1.82, 2.24) is 4.31 Å². The topological polar surface area (TPSA) is 93.1 Å². The van der Waals surface area contributed by atoms with Crippen molar-refractivity contribution in [3.63, 3.8) is 0 Å². The van der Waals surface area contributed by atoms with Crippen molar-refractivity contribution in [3.05, 3.63) is 53.3 Å². The number of carboxylic acids is 1. The maximum absolute atomic E-state index is 13.5. The molecular weight excluding hydrogens is 365 g/mol. The molecule has 26 heavy (non-hydrogen) atoms. The molecule has 0 saturated carbocycles. The van der Waals surface area contributed by atoms with E-state index in [2.05, 4.69) is 0 Å². The average molecular weight is 383 g/mol. The Hall–Kier alpha value is -2.65. The summed E-state index contributed by atoms with van der Waals surface area (Å²) in [6, 6.07) is 7.69. The van der Waals surface area contributed by atoms with Crippen LogP contribution in [-0.4, -0.2) is 45.1 Å². The van der Waals surface area contributed by atoms with E-state index in [1.807, 2.05) is 0 Å². The van der Waals surface area contributed by atoms with E-state index in [0.717, 1.165) is 22.5 Å². The second kappa shape index (κ2) is 7.71. The lowest BCUT2D eigenvalue weighted by Gasteiger charge is -2.20. The molecule has 0 aromatic heterocycles. The van der Waals surface area contributed by atoms with E-state index in [1.54, 1.807) is 18.2 Å². The van der Waals surface area contributed by atoms with Crippen LogP contribution in [0.2, 0.25) is 0 Å². The molecule has 2 rings (SSSR count). The molecule has 0 fully saturated rings. The lowest BCUT2D eigenvalue weighted by atomic mass is 10.2. The van der Waals surface area contributed by atoms with Crippen molar-refractivity contribution in [1.29, 1.82) is 0 Å². The van der Waals surface area contributed by atoms with Crippen LogP contribution >= 0.6 is 0 Å². The number of nitrogens with zero attached hydrogens (tertiary/aromatic N) is 1. The number of benzene rings is 2. The van der Waals surface area contributed by atoms with E-state index in [9.17, 15) is 17.6 Å². The van der Waals surface area contributed by atoms with Crippen molar-refractivity contribution >= 4 is 16.0 Å². The molecule has 0 unspecified atom stereocenters. The van der Waals surface area contributed by atoms with Gasteiger partial charge in [0.15, 0.2) is 11.5 Å². The molecule has 0 aliphatic carbocycles. The second-order valence-corrected chi connectivity index (χ2v) is 7.41. The fourth-order valence-corrected chi connectivity index (χ4v) is 3.59. The predicted octanol–water partition coefficient (Wildman–Crippen LogP) is 2.36. The number of methoxy groups -OCH3 is 2. The van der Waals surface area contributed by atoms with Gasteiger partial charge in [0, 0.05) is 19.2 Å². The van der Waals surface area contributed by atoms with Crippen LogP contribution in [0.3, 0.4) is 0 Å². The van der Waals surface area contributed by atoms with E-state index in [-0.39, 0.29) is 11.4 Å².